The van der Waals surface area contributed by atoms with Gasteiger partial charge in [0, 0.05) is 6.92 Å². The zero-order chi connectivity index (χ0) is 8.97. The summed E-state index contributed by atoms with van der Waals surface area (Å²) in [6, 6.07) is 0. The van der Waals surface area contributed by atoms with E-state index < -0.39 is 0 Å². The van der Waals surface area contributed by atoms with E-state index in [0.29, 0.717) is 6.61 Å². The van der Waals surface area contributed by atoms with Gasteiger partial charge in [0.05, 0.1) is 0 Å². The second kappa shape index (κ2) is 4.65. The van der Waals surface area contributed by atoms with Crippen molar-refractivity contribution in [3.8, 4) is 0 Å². The summed E-state index contributed by atoms with van der Waals surface area (Å²) in [7, 11) is 0. The van der Waals surface area contributed by atoms with E-state index in [1.165, 1.54) is 29.8 Å². The van der Waals surface area contributed by atoms with Gasteiger partial charge in [0.1, 0.15) is 6.61 Å². The Morgan fingerprint density at radius 1 is 1.50 bits per heavy atom. The molecule has 0 N–H and O–H groups in total. The molecule has 3 heteroatoms. The molecule has 12 heavy (non-hydrogen) atoms. The Morgan fingerprint density at radius 2 is 2.17 bits per heavy atom. The molecule has 0 aromatic rings. The van der Waals surface area contributed by atoms with Crippen LogP contribution in [0.25, 0.3) is 0 Å². The number of rotatable bonds is 2. The third kappa shape index (κ3) is 2.97. The summed E-state index contributed by atoms with van der Waals surface area (Å²) in [6.07, 6.45) is 4.61. The van der Waals surface area contributed by atoms with Crippen LogP contribution in [0.2, 0.25) is 0 Å². The van der Waals surface area contributed by atoms with Crippen LogP contribution in [-0.2, 0) is 9.53 Å². The van der Waals surface area contributed by atoms with Gasteiger partial charge in [0.2, 0.25) is 0 Å². The zero-order valence-electron chi connectivity index (χ0n) is 7.23. The van der Waals surface area contributed by atoms with Crippen molar-refractivity contribution in [2.45, 2.75) is 32.6 Å². The smallest absolute Gasteiger partial charge is 0.302 e. The van der Waals surface area contributed by atoms with E-state index in [-0.39, 0.29) is 5.97 Å². The molecular weight excluding hydrogens is 220 g/mol. The minimum absolute atomic E-state index is 0.201. The van der Waals surface area contributed by atoms with Crippen molar-refractivity contribution in [1.82, 2.24) is 0 Å². The number of carbonyl (C=O) groups is 1. The van der Waals surface area contributed by atoms with Crippen LogP contribution in [0.5, 0.6) is 0 Å². The second-order valence-corrected chi connectivity index (χ2v) is 3.95. The maximum atomic E-state index is 10.5. The molecule has 2 nitrogen and oxygen atoms in total. The second-order valence-electron chi connectivity index (χ2n) is 3.00. The number of allylic oxidation sites excluding steroid dienone is 1. The first-order valence-corrected chi connectivity index (χ1v) is 4.99. The Bertz CT molecular complexity index is 209. The van der Waals surface area contributed by atoms with E-state index >= 15 is 0 Å². The maximum Gasteiger partial charge on any atom is 0.302 e. The van der Waals surface area contributed by atoms with Crippen molar-refractivity contribution in [2.75, 3.05) is 6.61 Å². The molecule has 0 aliphatic heterocycles. The van der Waals surface area contributed by atoms with Gasteiger partial charge < -0.3 is 4.74 Å². The van der Waals surface area contributed by atoms with E-state index in [9.17, 15) is 4.79 Å². The quantitative estimate of drug-likeness (QED) is 0.685. The van der Waals surface area contributed by atoms with Crippen molar-refractivity contribution in [1.29, 1.82) is 0 Å². The molecule has 0 heterocycles. The van der Waals surface area contributed by atoms with Gasteiger partial charge in [-0.2, -0.15) is 0 Å². The molecule has 0 bridgehead atoms. The predicted octanol–water partition coefficient (Wildman–Crippen LogP) is 2.77. The molecule has 0 radical (unpaired) electrons. The number of carbonyl (C=O) groups excluding carboxylic acids is 1. The molecule has 0 saturated heterocycles. The van der Waals surface area contributed by atoms with Crippen LogP contribution in [0, 0.1) is 0 Å². The van der Waals surface area contributed by atoms with E-state index in [2.05, 4.69) is 15.9 Å². The monoisotopic (exact) mass is 232 g/mol. The van der Waals surface area contributed by atoms with Gasteiger partial charge in [0.25, 0.3) is 0 Å². The standard InChI is InChI=1S/C9H13BrO2/c1-7(11)12-6-8-4-2-3-5-9(8)10/h2-6H2,1H3. The largest absolute Gasteiger partial charge is 0.461 e. The molecule has 68 valence electrons. The number of hydrogen-bond acceptors (Lipinski definition) is 2. The van der Waals surface area contributed by atoms with Gasteiger partial charge in [-0.05, 0) is 35.7 Å². The first kappa shape index (κ1) is 9.78. The summed E-state index contributed by atoms with van der Waals surface area (Å²) in [5.74, 6) is -0.201. The van der Waals surface area contributed by atoms with Crippen LogP contribution in [0.3, 0.4) is 0 Å². The summed E-state index contributed by atoms with van der Waals surface area (Å²) in [5.41, 5.74) is 1.25. The maximum absolute atomic E-state index is 10.5. The zero-order valence-corrected chi connectivity index (χ0v) is 8.82. The molecule has 1 aliphatic carbocycles. The van der Waals surface area contributed by atoms with Gasteiger partial charge in [-0.25, -0.2) is 0 Å². The van der Waals surface area contributed by atoms with Crippen molar-refractivity contribution < 1.29 is 9.53 Å². The third-order valence-electron chi connectivity index (χ3n) is 1.96. The van der Waals surface area contributed by atoms with Crippen LogP contribution in [-0.4, -0.2) is 12.6 Å². The van der Waals surface area contributed by atoms with E-state index in [1.54, 1.807) is 0 Å². The average Bonchev–Trinajstić information content (AvgIpc) is 2.03. The highest BCUT2D eigenvalue weighted by Crippen LogP contribution is 2.28. The molecule has 0 aromatic carbocycles. The molecule has 0 spiro atoms. The van der Waals surface area contributed by atoms with Crippen molar-refractivity contribution >= 4 is 21.9 Å². The van der Waals surface area contributed by atoms with Gasteiger partial charge in [-0.15, -0.1) is 0 Å². The van der Waals surface area contributed by atoms with Crippen molar-refractivity contribution in [3.05, 3.63) is 10.1 Å². The molecule has 0 aromatic heterocycles. The first-order chi connectivity index (χ1) is 5.70. The highest BCUT2D eigenvalue weighted by molar-refractivity contribution is 9.11. The lowest BCUT2D eigenvalue weighted by Crippen LogP contribution is -2.07. The van der Waals surface area contributed by atoms with E-state index in [0.717, 1.165) is 12.8 Å². The Kier molecular flexibility index (Phi) is 3.79. The molecule has 0 saturated carbocycles. The summed E-state index contributed by atoms with van der Waals surface area (Å²) < 4.78 is 6.16. The minimum Gasteiger partial charge on any atom is -0.461 e. The highest BCUT2D eigenvalue weighted by atomic mass is 79.9. The fraction of sp³-hybridized carbons (Fsp3) is 0.667. The normalized spacial score (nSPS) is 17.8. The van der Waals surface area contributed by atoms with Gasteiger partial charge in [-0.1, -0.05) is 15.9 Å². The van der Waals surface area contributed by atoms with Crippen molar-refractivity contribution in [2.24, 2.45) is 0 Å². The Balaban J connectivity index is 2.43. The van der Waals surface area contributed by atoms with Crippen LogP contribution >= 0.6 is 15.9 Å². The van der Waals surface area contributed by atoms with Gasteiger partial charge in [-0.3, -0.25) is 4.79 Å². The third-order valence-corrected chi connectivity index (χ3v) is 2.92. The molecule has 1 aliphatic rings. The topological polar surface area (TPSA) is 26.3 Å². The fourth-order valence-electron chi connectivity index (χ4n) is 1.27. The lowest BCUT2D eigenvalue weighted by molar-refractivity contribution is -0.140. The predicted molar refractivity (Wildman–Crippen MR) is 51.1 cm³/mol. The van der Waals surface area contributed by atoms with Crippen LogP contribution in [0.1, 0.15) is 32.6 Å². The summed E-state index contributed by atoms with van der Waals surface area (Å²) >= 11 is 3.49. The van der Waals surface area contributed by atoms with E-state index in [4.69, 9.17) is 4.74 Å². The van der Waals surface area contributed by atoms with Gasteiger partial charge in [0.15, 0.2) is 0 Å². The average molecular weight is 233 g/mol. The lowest BCUT2D eigenvalue weighted by Gasteiger charge is -2.15. The fourth-order valence-corrected chi connectivity index (χ4v) is 1.86. The number of ether oxygens (including phenoxy) is 1. The molecule has 0 atom stereocenters. The summed E-state index contributed by atoms with van der Waals surface area (Å²) in [4.78, 5) is 10.5. The molecule has 0 fully saturated rings. The lowest BCUT2D eigenvalue weighted by atomic mass is 10.0. The molecule has 1 rings (SSSR count). The Hall–Kier alpha value is -0.310. The summed E-state index contributed by atoms with van der Waals surface area (Å²) in [5, 5.41) is 0. The Labute approximate surface area is 81.1 Å². The molecular formula is C9H13BrO2. The molecule has 0 unspecified atom stereocenters. The molecule has 0 amide bonds. The number of hydrogen-bond donors (Lipinski definition) is 0. The van der Waals surface area contributed by atoms with E-state index in [1.807, 2.05) is 0 Å². The van der Waals surface area contributed by atoms with Gasteiger partial charge >= 0.3 is 5.97 Å². The number of halogens is 1. The highest BCUT2D eigenvalue weighted by Gasteiger charge is 2.10. The number of esters is 1. The van der Waals surface area contributed by atoms with Crippen LogP contribution in [0.4, 0.5) is 0 Å². The van der Waals surface area contributed by atoms with Crippen LogP contribution < -0.4 is 0 Å². The first-order valence-electron chi connectivity index (χ1n) is 4.20. The Morgan fingerprint density at radius 3 is 2.75 bits per heavy atom. The van der Waals surface area contributed by atoms with Crippen molar-refractivity contribution in [3.63, 3.8) is 0 Å². The minimum atomic E-state index is -0.201. The SMILES string of the molecule is CC(=O)OCC1=C(Br)CCCC1. The summed E-state index contributed by atoms with van der Waals surface area (Å²) in [6.45, 7) is 1.91. The van der Waals surface area contributed by atoms with Crippen LogP contribution in [0.15, 0.2) is 10.1 Å².